The number of fused-ring (bicyclic) bond motifs is 2. The second-order valence-electron chi connectivity index (χ2n) is 8.73. The molecule has 1 fully saturated rings. The van der Waals surface area contributed by atoms with Gasteiger partial charge in [-0.05, 0) is 55.8 Å². The molecule has 5 aromatic rings. The van der Waals surface area contributed by atoms with Crippen molar-refractivity contribution in [3.8, 4) is 22.4 Å². The number of morpholine rings is 1. The van der Waals surface area contributed by atoms with Gasteiger partial charge in [0.25, 0.3) is 0 Å². The van der Waals surface area contributed by atoms with Crippen molar-refractivity contribution >= 4 is 22.4 Å². The van der Waals surface area contributed by atoms with Crippen LogP contribution in [-0.4, -0.2) is 44.7 Å². The number of benzene rings is 1. The number of rotatable bonds is 3. The van der Waals surface area contributed by atoms with Crippen LogP contribution in [0.2, 0.25) is 0 Å². The molecule has 0 amide bonds. The highest BCUT2D eigenvalue weighted by Gasteiger charge is 2.23. The van der Waals surface area contributed by atoms with Crippen LogP contribution >= 0.6 is 0 Å². The van der Waals surface area contributed by atoms with E-state index < -0.39 is 0 Å². The van der Waals surface area contributed by atoms with E-state index in [9.17, 15) is 0 Å². The molecule has 1 saturated heterocycles. The molecule has 0 radical (unpaired) electrons. The molecule has 0 spiro atoms. The van der Waals surface area contributed by atoms with Crippen LogP contribution in [0.15, 0.2) is 79.4 Å². The lowest BCUT2D eigenvalue weighted by atomic mass is 10.1. The third-order valence-electron chi connectivity index (χ3n) is 6.26. The first-order valence-corrected chi connectivity index (χ1v) is 11.3. The van der Waals surface area contributed by atoms with E-state index in [1.54, 1.807) is 0 Å². The normalized spacial score (nSPS) is 18.8. The maximum absolute atomic E-state index is 5.85. The summed E-state index contributed by atoms with van der Waals surface area (Å²) in [5.74, 6) is 0.995. The Morgan fingerprint density at radius 3 is 2.52 bits per heavy atom. The van der Waals surface area contributed by atoms with Crippen LogP contribution in [0.3, 0.4) is 0 Å². The zero-order chi connectivity index (χ0) is 22.4. The molecule has 164 valence electrons. The number of aromatic nitrogens is 4. The lowest BCUT2D eigenvalue weighted by molar-refractivity contribution is -0.00545. The maximum atomic E-state index is 5.85. The first kappa shape index (κ1) is 19.9. The van der Waals surface area contributed by atoms with Crippen molar-refractivity contribution in [3.05, 3.63) is 79.4 Å². The van der Waals surface area contributed by atoms with Crippen LogP contribution in [0, 0.1) is 0 Å². The standard InChI is InChI=1S/C27H25N5O/c1-18-16-31(17-19(2)33-18)26-8-7-21(14-29-26)20-10-12-32-25(15-30-27(32)13-20)23-9-11-28-24-6-4-3-5-22(23)24/h3-15,18-19H,16-17H2,1-2H3/t18-,19+. The monoisotopic (exact) mass is 435 g/mol. The number of pyridine rings is 3. The van der Waals surface area contributed by atoms with E-state index in [0.717, 1.165) is 57.8 Å². The van der Waals surface area contributed by atoms with Crippen LogP contribution in [0.1, 0.15) is 13.8 Å². The van der Waals surface area contributed by atoms with Crippen LogP contribution < -0.4 is 4.90 Å². The maximum Gasteiger partial charge on any atom is 0.137 e. The Hall–Kier alpha value is -3.77. The largest absolute Gasteiger partial charge is 0.372 e. The van der Waals surface area contributed by atoms with E-state index in [1.165, 1.54) is 0 Å². The Balaban J connectivity index is 1.32. The van der Waals surface area contributed by atoms with Gasteiger partial charge >= 0.3 is 0 Å². The van der Waals surface area contributed by atoms with Crippen LogP contribution in [0.4, 0.5) is 5.82 Å². The molecule has 2 atom stereocenters. The smallest absolute Gasteiger partial charge is 0.137 e. The molecule has 0 saturated carbocycles. The Kier molecular flexibility index (Phi) is 4.80. The van der Waals surface area contributed by atoms with Crippen molar-refractivity contribution in [1.29, 1.82) is 0 Å². The van der Waals surface area contributed by atoms with E-state index in [4.69, 9.17) is 14.7 Å². The second-order valence-corrected chi connectivity index (χ2v) is 8.73. The molecule has 1 aromatic carbocycles. The van der Waals surface area contributed by atoms with Gasteiger partial charge in [0.05, 0.1) is 29.6 Å². The fourth-order valence-corrected chi connectivity index (χ4v) is 4.79. The van der Waals surface area contributed by atoms with Crippen LogP contribution in [-0.2, 0) is 4.74 Å². The minimum Gasteiger partial charge on any atom is -0.372 e. The fraction of sp³-hybridized carbons (Fsp3) is 0.222. The third-order valence-corrected chi connectivity index (χ3v) is 6.26. The SMILES string of the molecule is C[C@@H]1CN(c2ccc(-c3ccn4c(-c5ccnc6ccccc56)cnc4c3)cn2)C[C@H](C)O1. The van der Waals surface area contributed by atoms with Crippen molar-refractivity contribution in [1.82, 2.24) is 19.4 Å². The molecule has 0 unspecified atom stereocenters. The average Bonchev–Trinajstić information content (AvgIpc) is 3.26. The topological polar surface area (TPSA) is 55.5 Å². The Bertz CT molecular complexity index is 1430. The van der Waals surface area contributed by atoms with E-state index in [2.05, 4.69) is 70.7 Å². The first-order valence-electron chi connectivity index (χ1n) is 11.3. The number of imidazole rings is 1. The van der Waals surface area contributed by atoms with Gasteiger partial charge in [-0.1, -0.05) is 18.2 Å². The van der Waals surface area contributed by atoms with Crippen LogP contribution in [0.25, 0.3) is 38.9 Å². The molecule has 6 nitrogen and oxygen atoms in total. The molecule has 6 heteroatoms. The van der Waals surface area contributed by atoms with E-state index in [-0.39, 0.29) is 12.2 Å². The fourth-order valence-electron chi connectivity index (χ4n) is 4.79. The predicted molar refractivity (Wildman–Crippen MR) is 131 cm³/mol. The zero-order valence-electron chi connectivity index (χ0n) is 18.7. The van der Waals surface area contributed by atoms with Crippen LogP contribution in [0.5, 0.6) is 0 Å². The summed E-state index contributed by atoms with van der Waals surface area (Å²) in [6.45, 7) is 5.95. The van der Waals surface area contributed by atoms with Crippen molar-refractivity contribution < 1.29 is 4.74 Å². The average molecular weight is 436 g/mol. The van der Waals surface area contributed by atoms with Gasteiger partial charge in [-0.25, -0.2) is 9.97 Å². The molecular formula is C27H25N5O. The molecule has 1 aliphatic rings. The predicted octanol–water partition coefficient (Wildman–Crippen LogP) is 5.23. The summed E-state index contributed by atoms with van der Waals surface area (Å²) >= 11 is 0. The summed E-state index contributed by atoms with van der Waals surface area (Å²) in [7, 11) is 0. The minimum absolute atomic E-state index is 0.213. The molecule has 33 heavy (non-hydrogen) atoms. The van der Waals surface area contributed by atoms with Gasteiger partial charge in [0, 0.05) is 48.2 Å². The van der Waals surface area contributed by atoms with Gasteiger partial charge in [0.1, 0.15) is 11.5 Å². The molecule has 0 bridgehead atoms. The van der Waals surface area contributed by atoms with Crippen molar-refractivity contribution in [3.63, 3.8) is 0 Å². The van der Waals surface area contributed by atoms with Gasteiger partial charge in [-0.2, -0.15) is 0 Å². The third kappa shape index (κ3) is 3.62. The van der Waals surface area contributed by atoms with Gasteiger partial charge in [0.15, 0.2) is 0 Å². The highest BCUT2D eigenvalue weighted by molar-refractivity contribution is 5.93. The van der Waals surface area contributed by atoms with Crippen molar-refractivity contribution in [2.75, 3.05) is 18.0 Å². The Morgan fingerprint density at radius 2 is 1.70 bits per heavy atom. The number of hydrogen-bond donors (Lipinski definition) is 0. The summed E-state index contributed by atoms with van der Waals surface area (Å²) < 4.78 is 7.98. The van der Waals surface area contributed by atoms with Gasteiger partial charge < -0.3 is 9.64 Å². The highest BCUT2D eigenvalue weighted by atomic mass is 16.5. The summed E-state index contributed by atoms with van der Waals surface area (Å²) in [6, 6.07) is 18.7. The quantitative estimate of drug-likeness (QED) is 0.389. The zero-order valence-corrected chi connectivity index (χ0v) is 18.7. The summed E-state index contributed by atoms with van der Waals surface area (Å²) in [6.07, 6.45) is 8.25. The number of anilines is 1. The van der Waals surface area contributed by atoms with Gasteiger partial charge in [-0.3, -0.25) is 9.38 Å². The van der Waals surface area contributed by atoms with Gasteiger partial charge in [-0.15, -0.1) is 0 Å². The molecule has 4 aromatic heterocycles. The Morgan fingerprint density at radius 1 is 0.848 bits per heavy atom. The summed E-state index contributed by atoms with van der Waals surface area (Å²) in [4.78, 5) is 16.2. The molecule has 0 aliphatic carbocycles. The van der Waals surface area contributed by atoms with E-state index in [1.807, 2.05) is 36.8 Å². The van der Waals surface area contributed by atoms with Crippen molar-refractivity contribution in [2.24, 2.45) is 0 Å². The highest BCUT2D eigenvalue weighted by Crippen LogP contribution is 2.30. The summed E-state index contributed by atoms with van der Waals surface area (Å²) in [5, 5.41) is 1.12. The van der Waals surface area contributed by atoms with Crippen molar-refractivity contribution in [2.45, 2.75) is 26.1 Å². The van der Waals surface area contributed by atoms with Gasteiger partial charge in [0.2, 0.25) is 0 Å². The number of ether oxygens (including phenoxy) is 1. The number of nitrogens with zero attached hydrogens (tertiary/aromatic N) is 5. The first-order chi connectivity index (χ1) is 16.2. The second kappa shape index (κ2) is 7.98. The molecule has 0 N–H and O–H groups in total. The van der Waals surface area contributed by atoms with E-state index in [0.29, 0.717) is 0 Å². The molecule has 5 heterocycles. The lowest BCUT2D eigenvalue weighted by Gasteiger charge is -2.36. The number of para-hydroxylation sites is 1. The summed E-state index contributed by atoms with van der Waals surface area (Å²) in [5.41, 5.74) is 6.25. The Labute approximate surface area is 192 Å². The molecular weight excluding hydrogens is 410 g/mol. The lowest BCUT2D eigenvalue weighted by Crippen LogP contribution is -2.45. The molecule has 6 rings (SSSR count). The minimum atomic E-state index is 0.213. The number of hydrogen-bond acceptors (Lipinski definition) is 5. The van der Waals surface area contributed by atoms with E-state index >= 15 is 0 Å². The molecule has 1 aliphatic heterocycles.